The fourth-order valence-corrected chi connectivity index (χ4v) is 0.579. The summed E-state index contributed by atoms with van der Waals surface area (Å²) in [6.45, 7) is 0. The second-order valence-electron chi connectivity index (χ2n) is 1.47. The average molecular weight is 96.1 g/mol. The van der Waals surface area contributed by atoms with Crippen molar-refractivity contribution in [2.45, 2.75) is 6.42 Å². The van der Waals surface area contributed by atoms with Gasteiger partial charge in [-0.1, -0.05) is 12.2 Å². The second-order valence-corrected chi connectivity index (χ2v) is 1.47. The van der Waals surface area contributed by atoms with Crippen LogP contribution in [0.4, 0.5) is 0 Å². The van der Waals surface area contributed by atoms with Crippen molar-refractivity contribution in [3.8, 4) is 0 Å². The highest BCUT2D eigenvalue weighted by Gasteiger charge is 1.93. The SMILES string of the molecule is COC1=CC=CC1. The van der Waals surface area contributed by atoms with E-state index >= 15 is 0 Å². The van der Waals surface area contributed by atoms with Crippen LogP contribution in [0, 0.1) is 0 Å². The van der Waals surface area contributed by atoms with Gasteiger partial charge in [-0.05, 0) is 6.08 Å². The zero-order chi connectivity index (χ0) is 5.11. The summed E-state index contributed by atoms with van der Waals surface area (Å²) < 4.78 is 4.91. The van der Waals surface area contributed by atoms with E-state index in [1.54, 1.807) is 7.11 Å². The summed E-state index contributed by atoms with van der Waals surface area (Å²) in [4.78, 5) is 0. The maximum atomic E-state index is 4.91. The number of allylic oxidation sites excluding steroid dienone is 3. The van der Waals surface area contributed by atoms with Crippen LogP contribution >= 0.6 is 0 Å². The molecule has 1 heteroatoms. The highest BCUT2D eigenvalue weighted by molar-refractivity contribution is 5.17. The van der Waals surface area contributed by atoms with Crippen LogP contribution in [0.2, 0.25) is 0 Å². The van der Waals surface area contributed by atoms with Gasteiger partial charge in [0.25, 0.3) is 0 Å². The van der Waals surface area contributed by atoms with Crippen molar-refractivity contribution in [3.05, 3.63) is 24.0 Å². The molecule has 0 aliphatic heterocycles. The molecule has 0 saturated heterocycles. The van der Waals surface area contributed by atoms with Crippen molar-refractivity contribution in [1.82, 2.24) is 0 Å². The first kappa shape index (κ1) is 4.44. The van der Waals surface area contributed by atoms with Gasteiger partial charge in [-0.3, -0.25) is 0 Å². The molecule has 7 heavy (non-hydrogen) atoms. The monoisotopic (exact) mass is 96.1 g/mol. The Morgan fingerprint density at radius 3 is 2.86 bits per heavy atom. The van der Waals surface area contributed by atoms with Crippen LogP contribution in [0.15, 0.2) is 24.0 Å². The molecule has 0 atom stereocenters. The summed E-state index contributed by atoms with van der Waals surface area (Å²) in [5.41, 5.74) is 0. The molecule has 0 spiro atoms. The summed E-state index contributed by atoms with van der Waals surface area (Å²) in [7, 11) is 1.69. The van der Waals surface area contributed by atoms with Gasteiger partial charge in [-0.15, -0.1) is 0 Å². The van der Waals surface area contributed by atoms with Crippen LogP contribution in [0.1, 0.15) is 6.42 Å². The van der Waals surface area contributed by atoms with Gasteiger partial charge in [0.05, 0.1) is 12.9 Å². The van der Waals surface area contributed by atoms with Crippen molar-refractivity contribution >= 4 is 0 Å². The van der Waals surface area contributed by atoms with Gasteiger partial charge in [0, 0.05) is 6.42 Å². The molecule has 38 valence electrons. The number of rotatable bonds is 1. The van der Waals surface area contributed by atoms with E-state index in [1.807, 2.05) is 12.2 Å². The van der Waals surface area contributed by atoms with Crippen LogP contribution in [-0.4, -0.2) is 7.11 Å². The van der Waals surface area contributed by atoms with E-state index in [0.717, 1.165) is 12.2 Å². The zero-order valence-electron chi connectivity index (χ0n) is 4.35. The summed E-state index contributed by atoms with van der Waals surface area (Å²) >= 11 is 0. The van der Waals surface area contributed by atoms with E-state index in [1.165, 1.54) is 0 Å². The lowest BCUT2D eigenvalue weighted by molar-refractivity contribution is 0.287. The summed E-state index contributed by atoms with van der Waals surface area (Å²) in [5.74, 6) is 1.06. The van der Waals surface area contributed by atoms with Crippen LogP contribution in [0.25, 0.3) is 0 Å². The minimum atomic E-state index is 0.969. The highest BCUT2D eigenvalue weighted by atomic mass is 16.5. The minimum Gasteiger partial charge on any atom is -0.501 e. The summed E-state index contributed by atoms with van der Waals surface area (Å²) in [6.07, 6.45) is 7.01. The fraction of sp³-hybridized carbons (Fsp3) is 0.333. The highest BCUT2D eigenvalue weighted by Crippen LogP contribution is 2.08. The smallest absolute Gasteiger partial charge is 0.0992 e. The van der Waals surface area contributed by atoms with E-state index in [9.17, 15) is 0 Å². The first-order valence-corrected chi connectivity index (χ1v) is 2.33. The van der Waals surface area contributed by atoms with Crippen molar-refractivity contribution in [2.24, 2.45) is 0 Å². The molecule has 0 amide bonds. The molecule has 0 saturated carbocycles. The summed E-state index contributed by atoms with van der Waals surface area (Å²) in [5, 5.41) is 0. The lowest BCUT2D eigenvalue weighted by Crippen LogP contribution is -1.77. The normalized spacial score (nSPS) is 17.0. The average Bonchev–Trinajstić information content (AvgIpc) is 2.14. The molecular weight excluding hydrogens is 88.1 g/mol. The second kappa shape index (κ2) is 1.82. The van der Waals surface area contributed by atoms with E-state index in [-0.39, 0.29) is 0 Å². The number of ether oxygens (including phenoxy) is 1. The van der Waals surface area contributed by atoms with E-state index in [4.69, 9.17) is 4.74 Å². The van der Waals surface area contributed by atoms with Gasteiger partial charge in [-0.25, -0.2) is 0 Å². The molecule has 1 aliphatic rings. The van der Waals surface area contributed by atoms with Crippen molar-refractivity contribution in [1.29, 1.82) is 0 Å². The first-order valence-electron chi connectivity index (χ1n) is 2.33. The lowest BCUT2D eigenvalue weighted by Gasteiger charge is -1.94. The number of hydrogen-bond acceptors (Lipinski definition) is 1. The Balaban J connectivity index is 2.45. The predicted octanol–water partition coefficient (Wildman–Crippen LogP) is 1.48. The molecule has 1 nitrogen and oxygen atoms in total. The predicted molar refractivity (Wildman–Crippen MR) is 28.8 cm³/mol. The standard InChI is InChI=1S/C6H8O/c1-7-6-4-2-3-5-6/h2-4H,5H2,1H3. The minimum absolute atomic E-state index is 0.969. The maximum absolute atomic E-state index is 4.91. The van der Waals surface area contributed by atoms with E-state index < -0.39 is 0 Å². The van der Waals surface area contributed by atoms with Crippen molar-refractivity contribution in [2.75, 3.05) is 7.11 Å². The molecule has 1 aliphatic carbocycles. The summed E-state index contributed by atoms with van der Waals surface area (Å²) in [6, 6.07) is 0. The third-order valence-electron chi connectivity index (χ3n) is 0.999. The van der Waals surface area contributed by atoms with Gasteiger partial charge in [-0.2, -0.15) is 0 Å². The Kier molecular flexibility index (Phi) is 1.16. The molecule has 1 rings (SSSR count). The van der Waals surface area contributed by atoms with Gasteiger partial charge >= 0.3 is 0 Å². The number of hydrogen-bond donors (Lipinski definition) is 0. The van der Waals surface area contributed by atoms with Crippen molar-refractivity contribution in [3.63, 3.8) is 0 Å². The molecule has 0 bridgehead atoms. The molecule has 0 heterocycles. The molecule has 0 aromatic carbocycles. The van der Waals surface area contributed by atoms with Gasteiger partial charge in [0.15, 0.2) is 0 Å². The number of methoxy groups -OCH3 is 1. The Bertz CT molecular complexity index is 111. The largest absolute Gasteiger partial charge is 0.501 e. The molecule has 0 fully saturated rings. The zero-order valence-corrected chi connectivity index (χ0v) is 4.35. The molecule has 0 aromatic heterocycles. The van der Waals surface area contributed by atoms with E-state index in [0.29, 0.717) is 0 Å². The fourth-order valence-electron chi connectivity index (χ4n) is 0.579. The van der Waals surface area contributed by atoms with Crippen LogP contribution in [0.3, 0.4) is 0 Å². The van der Waals surface area contributed by atoms with Gasteiger partial charge in [0.1, 0.15) is 0 Å². The van der Waals surface area contributed by atoms with Gasteiger partial charge in [0.2, 0.25) is 0 Å². The molecule has 0 aromatic rings. The molecular formula is C6H8O. The Hall–Kier alpha value is -0.720. The van der Waals surface area contributed by atoms with E-state index in [2.05, 4.69) is 6.08 Å². The Morgan fingerprint density at radius 2 is 2.57 bits per heavy atom. The van der Waals surface area contributed by atoms with Crippen LogP contribution < -0.4 is 0 Å². The maximum Gasteiger partial charge on any atom is 0.0992 e. The Labute approximate surface area is 43.3 Å². The van der Waals surface area contributed by atoms with Gasteiger partial charge < -0.3 is 4.74 Å². The molecule has 0 radical (unpaired) electrons. The quantitative estimate of drug-likeness (QED) is 0.480. The van der Waals surface area contributed by atoms with Crippen LogP contribution in [0.5, 0.6) is 0 Å². The Morgan fingerprint density at radius 1 is 1.71 bits per heavy atom. The topological polar surface area (TPSA) is 9.23 Å². The lowest BCUT2D eigenvalue weighted by atomic mass is 10.4. The van der Waals surface area contributed by atoms with Crippen molar-refractivity contribution < 1.29 is 4.74 Å². The molecule has 0 unspecified atom stereocenters. The third kappa shape index (κ3) is 0.829. The molecule has 0 N–H and O–H groups in total. The van der Waals surface area contributed by atoms with Crippen LogP contribution in [-0.2, 0) is 4.74 Å². The third-order valence-corrected chi connectivity index (χ3v) is 0.999. The first-order chi connectivity index (χ1) is 3.43.